The number of hydrogen-bond donors (Lipinski definition) is 1. The quantitative estimate of drug-likeness (QED) is 0.713. The minimum absolute atomic E-state index is 0.0570. The smallest absolute Gasteiger partial charge is 0.227 e. The summed E-state index contributed by atoms with van der Waals surface area (Å²) in [7, 11) is 0.702. The van der Waals surface area contributed by atoms with Gasteiger partial charge < -0.3 is 19.9 Å². The normalized spacial score (nSPS) is 23.5. The molecule has 33 heavy (non-hydrogen) atoms. The van der Waals surface area contributed by atoms with Crippen molar-refractivity contribution in [3.05, 3.63) is 35.8 Å². The third kappa shape index (κ3) is 4.80. The van der Waals surface area contributed by atoms with Gasteiger partial charge in [0.05, 0.1) is 16.5 Å². The highest BCUT2D eigenvalue weighted by Gasteiger charge is 2.31. The van der Waals surface area contributed by atoms with Crippen LogP contribution in [0.4, 0.5) is 16.2 Å². The van der Waals surface area contributed by atoms with E-state index in [1.807, 2.05) is 7.05 Å². The van der Waals surface area contributed by atoms with E-state index in [0.717, 1.165) is 38.0 Å². The largest absolute Gasteiger partial charge is 0.490 e. The molecule has 8 nitrogen and oxygen atoms in total. The van der Waals surface area contributed by atoms with Crippen molar-refractivity contribution in [2.45, 2.75) is 49.1 Å². The van der Waals surface area contributed by atoms with Gasteiger partial charge in [0.25, 0.3) is 0 Å². The summed E-state index contributed by atoms with van der Waals surface area (Å²) in [5, 5.41) is 3.47. The van der Waals surface area contributed by atoms with Crippen molar-refractivity contribution in [1.29, 1.82) is 0 Å². The van der Waals surface area contributed by atoms with E-state index >= 15 is 0 Å². The second kappa shape index (κ2) is 9.24. The number of nitrogens with one attached hydrogen (secondary N) is 1. The SMILES string of the molecule is CN1CC(Nc2nc(N3CCC(Oc4ccc(F)cc4)CC3)nc3c2S(=O)CC3)CCC1=O. The molecule has 2 fully saturated rings. The summed E-state index contributed by atoms with van der Waals surface area (Å²) in [5.41, 5.74) is 0.853. The molecule has 1 aromatic heterocycles. The zero-order valence-corrected chi connectivity index (χ0v) is 19.4. The number of nitrogens with zero attached hydrogens (tertiary/aromatic N) is 4. The van der Waals surface area contributed by atoms with Gasteiger partial charge in [0, 0.05) is 64.2 Å². The van der Waals surface area contributed by atoms with Gasteiger partial charge in [-0.2, -0.15) is 4.98 Å². The first kappa shape index (κ1) is 22.1. The molecular weight excluding hydrogens is 445 g/mol. The molecule has 0 aliphatic carbocycles. The highest BCUT2D eigenvalue weighted by molar-refractivity contribution is 7.85. The van der Waals surface area contributed by atoms with Crippen LogP contribution in [0.25, 0.3) is 0 Å². The average Bonchev–Trinajstić information content (AvgIpc) is 3.19. The van der Waals surface area contributed by atoms with Gasteiger partial charge in [-0.05, 0) is 30.7 Å². The molecule has 2 saturated heterocycles. The third-order valence-electron chi connectivity index (χ3n) is 6.48. The van der Waals surface area contributed by atoms with Gasteiger partial charge in [0.2, 0.25) is 11.9 Å². The number of halogens is 1. The van der Waals surface area contributed by atoms with Crippen LogP contribution in [0, 0.1) is 5.82 Å². The van der Waals surface area contributed by atoms with Crippen molar-refractivity contribution in [3.8, 4) is 5.75 Å². The Labute approximate surface area is 195 Å². The van der Waals surface area contributed by atoms with Crippen LogP contribution in [0.3, 0.4) is 0 Å². The van der Waals surface area contributed by atoms with Crippen LogP contribution >= 0.6 is 0 Å². The summed E-state index contributed by atoms with van der Waals surface area (Å²) in [6, 6.07) is 6.19. The van der Waals surface area contributed by atoms with E-state index in [9.17, 15) is 13.4 Å². The lowest BCUT2D eigenvalue weighted by molar-refractivity contribution is -0.132. The highest BCUT2D eigenvalue weighted by atomic mass is 32.2. The summed E-state index contributed by atoms with van der Waals surface area (Å²) in [6.45, 7) is 2.09. The molecule has 1 aromatic carbocycles. The van der Waals surface area contributed by atoms with Gasteiger partial charge in [0.15, 0.2) is 0 Å². The Morgan fingerprint density at radius 3 is 2.61 bits per heavy atom. The number of rotatable bonds is 5. The Morgan fingerprint density at radius 1 is 1.12 bits per heavy atom. The zero-order chi connectivity index (χ0) is 22.9. The molecule has 3 aliphatic rings. The molecule has 2 aromatic rings. The topological polar surface area (TPSA) is 87.7 Å². The summed E-state index contributed by atoms with van der Waals surface area (Å²) in [6.07, 6.45) is 3.58. The molecule has 2 atom stereocenters. The molecule has 0 saturated carbocycles. The predicted molar refractivity (Wildman–Crippen MR) is 124 cm³/mol. The van der Waals surface area contributed by atoms with E-state index in [-0.39, 0.29) is 23.9 Å². The Balaban J connectivity index is 1.29. The van der Waals surface area contributed by atoms with E-state index in [0.29, 0.717) is 47.6 Å². The number of fused-ring (bicyclic) bond motifs is 1. The molecule has 0 bridgehead atoms. The molecule has 2 unspecified atom stereocenters. The lowest BCUT2D eigenvalue weighted by atomic mass is 10.1. The number of carbonyl (C=O) groups is 1. The number of anilines is 2. The van der Waals surface area contributed by atoms with E-state index in [1.165, 1.54) is 12.1 Å². The van der Waals surface area contributed by atoms with Crippen molar-refractivity contribution in [1.82, 2.24) is 14.9 Å². The molecule has 3 aliphatic heterocycles. The van der Waals surface area contributed by atoms with E-state index < -0.39 is 10.8 Å². The summed E-state index contributed by atoms with van der Waals surface area (Å²) in [5.74, 6) is 2.41. The van der Waals surface area contributed by atoms with Crippen molar-refractivity contribution in [2.75, 3.05) is 42.7 Å². The first-order chi connectivity index (χ1) is 16.0. The molecule has 5 rings (SSSR count). The maximum Gasteiger partial charge on any atom is 0.227 e. The van der Waals surface area contributed by atoms with Gasteiger partial charge in [-0.3, -0.25) is 9.00 Å². The van der Waals surface area contributed by atoms with E-state index in [1.54, 1.807) is 17.0 Å². The lowest BCUT2D eigenvalue weighted by Gasteiger charge is -2.33. The average molecular weight is 474 g/mol. The van der Waals surface area contributed by atoms with Gasteiger partial charge >= 0.3 is 0 Å². The van der Waals surface area contributed by atoms with Crippen molar-refractivity contribution in [3.63, 3.8) is 0 Å². The van der Waals surface area contributed by atoms with Crippen LogP contribution in [0.5, 0.6) is 5.75 Å². The zero-order valence-electron chi connectivity index (χ0n) is 18.6. The monoisotopic (exact) mass is 473 g/mol. The van der Waals surface area contributed by atoms with Crippen LogP contribution in [-0.4, -0.2) is 69.6 Å². The summed E-state index contributed by atoms with van der Waals surface area (Å²) < 4.78 is 31.8. The molecule has 1 amide bonds. The number of benzene rings is 1. The molecule has 10 heteroatoms. The molecule has 0 radical (unpaired) electrons. The maximum atomic E-state index is 13.1. The number of likely N-dealkylation sites (N-methyl/N-ethyl adjacent to an activating group) is 1. The Bertz CT molecular complexity index is 1060. The maximum absolute atomic E-state index is 13.1. The summed E-state index contributed by atoms with van der Waals surface area (Å²) >= 11 is 0. The van der Waals surface area contributed by atoms with Gasteiger partial charge in [0.1, 0.15) is 28.4 Å². The fraction of sp³-hybridized carbons (Fsp3) is 0.522. The molecular formula is C23H28FN5O3S. The first-order valence-electron chi connectivity index (χ1n) is 11.4. The Morgan fingerprint density at radius 2 is 1.88 bits per heavy atom. The van der Waals surface area contributed by atoms with Crippen LogP contribution in [-0.2, 0) is 22.0 Å². The number of hydrogen-bond acceptors (Lipinski definition) is 7. The van der Waals surface area contributed by atoms with Crippen molar-refractivity contribution < 1.29 is 18.1 Å². The fourth-order valence-electron chi connectivity index (χ4n) is 4.63. The van der Waals surface area contributed by atoms with E-state index in [2.05, 4.69) is 10.2 Å². The molecule has 1 N–H and O–H groups in total. The van der Waals surface area contributed by atoms with Gasteiger partial charge in [-0.15, -0.1) is 0 Å². The lowest BCUT2D eigenvalue weighted by Crippen LogP contribution is -2.43. The number of piperidine rings is 2. The fourth-order valence-corrected chi connectivity index (χ4v) is 5.94. The minimum atomic E-state index is -1.11. The van der Waals surface area contributed by atoms with Crippen molar-refractivity contribution in [2.24, 2.45) is 0 Å². The van der Waals surface area contributed by atoms with Crippen LogP contribution in [0.15, 0.2) is 29.2 Å². The molecule has 4 heterocycles. The Hall–Kier alpha value is -2.75. The molecule has 0 spiro atoms. The van der Waals surface area contributed by atoms with Crippen LogP contribution in [0.1, 0.15) is 31.4 Å². The minimum Gasteiger partial charge on any atom is -0.490 e. The van der Waals surface area contributed by atoms with Gasteiger partial charge in [-0.25, -0.2) is 9.37 Å². The van der Waals surface area contributed by atoms with Crippen molar-refractivity contribution >= 4 is 28.5 Å². The number of carbonyl (C=O) groups excluding carboxylic acids is 1. The van der Waals surface area contributed by atoms with Crippen LogP contribution in [0.2, 0.25) is 0 Å². The predicted octanol–water partition coefficient (Wildman–Crippen LogP) is 2.36. The number of ether oxygens (including phenoxy) is 1. The first-order valence-corrected chi connectivity index (χ1v) is 12.7. The Kier molecular flexibility index (Phi) is 6.18. The third-order valence-corrected chi connectivity index (χ3v) is 7.94. The number of aromatic nitrogens is 2. The van der Waals surface area contributed by atoms with Gasteiger partial charge in [-0.1, -0.05) is 0 Å². The number of aryl methyl sites for hydroxylation is 1. The molecule has 176 valence electrons. The highest BCUT2D eigenvalue weighted by Crippen LogP contribution is 2.32. The second-order valence-electron chi connectivity index (χ2n) is 8.86. The standard InChI is InChI=1S/C23H28FN5O3S/c1-28-14-16(4-7-20(28)30)25-22-21-19(10-13-33(21)31)26-23(27-22)29-11-8-18(9-12-29)32-17-5-2-15(24)3-6-17/h2-3,5-6,16,18H,4,7-14H2,1H3,(H,25,26,27). The number of amides is 1. The van der Waals surface area contributed by atoms with Crippen LogP contribution < -0.4 is 15.0 Å². The van der Waals surface area contributed by atoms with E-state index in [4.69, 9.17) is 14.7 Å². The second-order valence-corrected chi connectivity index (χ2v) is 10.4. The summed E-state index contributed by atoms with van der Waals surface area (Å²) in [4.78, 5) is 26.0. The number of likely N-dealkylation sites (tertiary alicyclic amines) is 1.